The highest BCUT2D eigenvalue weighted by Gasteiger charge is 2.64. The number of ether oxygens (including phenoxy) is 3. The number of hydrogen-bond donors (Lipinski definition) is 0. The smallest absolute Gasteiger partial charge is 0.395 e. The van der Waals surface area contributed by atoms with Crippen LogP contribution in [-0.2, 0) is 16.1 Å². The molecule has 1 aromatic carbocycles. The van der Waals surface area contributed by atoms with E-state index in [1.807, 2.05) is 4.90 Å². The third-order valence-electron chi connectivity index (χ3n) is 6.22. The van der Waals surface area contributed by atoms with Crippen molar-refractivity contribution in [2.75, 3.05) is 13.2 Å². The fourth-order valence-electron chi connectivity index (χ4n) is 4.97. The van der Waals surface area contributed by atoms with Crippen LogP contribution < -0.4 is 9.47 Å². The topological polar surface area (TPSA) is 51.2 Å². The lowest BCUT2D eigenvalue weighted by molar-refractivity contribution is -0.286. The van der Waals surface area contributed by atoms with Crippen molar-refractivity contribution in [1.82, 2.24) is 9.80 Å². The molecule has 1 amide bonds. The number of benzene rings is 1. The van der Waals surface area contributed by atoms with Crippen LogP contribution in [0.2, 0.25) is 0 Å². The number of amides is 1. The van der Waals surface area contributed by atoms with Crippen molar-refractivity contribution in [2.45, 2.75) is 57.3 Å². The molecule has 0 aliphatic carbocycles. The van der Waals surface area contributed by atoms with E-state index in [1.54, 1.807) is 12.1 Å². The van der Waals surface area contributed by atoms with Gasteiger partial charge in [-0.05, 0) is 23.6 Å². The van der Waals surface area contributed by atoms with Crippen LogP contribution in [0.25, 0.3) is 0 Å². The second-order valence-corrected chi connectivity index (χ2v) is 8.12. The van der Waals surface area contributed by atoms with E-state index in [9.17, 15) is 13.6 Å². The van der Waals surface area contributed by atoms with Gasteiger partial charge < -0.3 is 19.1 Å². The van der Waals surface area contributed by atoms with Crippen LogP contribution in [0.15, 0.2) is 18.2 Å². The van der Waals surface area contributed by atoms with E-state index in [0.29, 0.717) is 25.5 Å². The van der Waals surface area contributed by atoms with Crippen LogP contribution in [0.3, 0.4) is 0 Å². The first kappa shape index (κ1) is 17.2. The fourth-order valence-corrected chi connectivity index (χ4v) is 4.97. The summed E-state index contributed by atoms with van der Waals surface area (Å²) in [5.74, 6) is 0.582. The normalized spacial score (nSPS) is 33.8. The Morgan fingerprint density at radius 3 is 2.81 bits per heavy atom. The summed E-state index contributed by atoms with van der Waals surface area (Å²) in [6.07, 6.45) is -2.40. The minimum absolute atomic E-state index is 0.0133. The molecule has 0 saturated carbocycles. The average molecular weight is 380 g/mol. The standard InChI is InChI=1S/C19H22F2N2O4/c1-11(2)13-10-25-18-5-6-22(16(18)8-17(24)23(13)18)9-12-3-4-14-15(7-12)27-19(20,21)26-14/h3-4,7,11,13,16H,5-6,8-10H2,1-2H3/t13-,16+,18-/m0/s1. The largest absolute Gasteiger partial charge is 0.586 e. The van der Waals surface area contributed by atoms with Crippen molar-refractivity contribution in [1.29, 1.82) is 0 Å². The van der Waals surface area contributed by atoms with Crippen LogP contribution in [0, 0.1) is 5.92 Å². The van der Waals surface area contributed by atoms with Gasteiger partial charge in [0.1, 0.15) is 0 Å². The minimum atomic E-state index is -3.61. The zero-order valence-corrected chi connectivity index (χ0v) is 15.3. The molecule has 1 aromatic rings. The molecule has 8 heteroatoms. The maximum atomic E-state index is 13.2. The van der Waals surface area contributed by atoms with Gasteiger partial charge in [0.15, 0.2) is 17.2 Å². The van der Waals surface area contributed by atoms with Gasteiger partial charge in [-0.1, -0.05) is 19.9 Å². The molecule has 4 aliphatic rings. The summed E-state index contributed by atoms with van der Waals surface area (Å²) in [7, 11) is 0. The van der Waals surface area contributed by atoms with E-state index < -0.39 is 12.0 Å². The lowest BCUT2D eigenvalue weighted by Crippen LogP contribution is -2.50. The summed E-state index contributed by atoms with van der Waals surface area (Å²) in [6.45, 7) is 6.15. The molecule has 4 aliphatic heterocycles. The zero-order chi connectivity index (χ0) is 19.0. The SMILES string of the molecule is CC(C)[C@@H]1CO[C@@]23CCN(Cc4ccc5c(c4)OC(F)(F)O5)[C@@H]2CC(=O)N13. The van der Waals surface area contributed by atoms with Gasteiger partial charge in [-0.3, -0.25) is 9.69 Å². The number of halogens is 2. The first-order valence-corrected chi connectivity index (χ1v) is 9.38. The Hall–Kier alpha value is -1.93. The lowest BCUT2D eigenvalue weighted by atomic mass is 10.0. The first-order chi connectivity index (χ1) is 12.8. The summed E-state index contributed by atoms with van der Waals surface area (Å²) in [4.78, 5) is 16.9. The maximum Gasteiger partial charge on any atom is 0.586 e. The molecule has 6 nitrogen and oxygen atoms in total. The highest BCUT2D eigenvalue weighted by molar-refractivity contribution is 5.82. The maximum absolute atomic E-state index is 13.2. The van der Waals surface area contributed by atoms with Crippen LogP contribution in [0.5, 0.6) is 11.5 Å². The molecule has 0 N–H and O–H groups in total. The fraction of sp³-hybridized carbons (Fsp3) is 0.632. The number of fused-ring (bicyclic) bond motifs is 1. The second kappa shape index (κ2) is 5.54. The van der Waals surface area contributed by atoms with Crippen molar-refractivity contribution in [3.8, 4) is 11.5 Å². The molecule has 146 valence electrons. The summed E-state index contributed by atoms with van der Waals surface area (Å²) < 4.78 is 41.7. The van der Waals surface area contributed by atoms with E-state index in [4.69, 9.17) is 4.74 Å². The molecule has 3 saturated heterocycles. The number of alkyl halides is 2. The Balaban J connectivity index is 1.37. The van der Waals surface area contributed by atoms with Gasteiger partial charge in [0.2, 0.25) is 5.91 Å². The summed E-state index contributed by atoms with van der Waals surface area (Å²) in [5, 5.41) is 0. The molecule has 27 heavy (non-hydrogen) atoms. The third kappa shape index (κ3) is 2.46. The Morgan fingerprint density at radius 1 is 1.26 bits per heavy atom. The van der Waals surface area contributed by atoms with Crippen molar-refractivity contribution < 1.29 is 27.8 Å². The Bertz CT molecular complexity index is 802. The summed E-state index contributed by atoms with van der Waals surface area (Å²) in [5.41, 5.74) is 0.312. The Kier molecular flexibility index (Phi) is 3.53. The first-order valence-electron chi connectivity index (χ1n) is 9.38. The van der Waals surface area contributed by atoms with Gasteiger partial charge >= 0.3 is 6.29 Å². The van der Waals surface area contributed by atoms with E-state index >= 15 is 0 Å². The van der Waals surface area contributed by atoms with Crippen molar-refractivity contribution >= 4 is 5.91 Å². The molecule has 3 fully saturated rings. The number of hydrogen-bond acceptors (Lipinski definition) is 5. The average Bonchev–Trinajstić information content (AvgIpc) is 3.27. The van der Waals surface area contributed by atoms with Crippen molar-refractivity contribution in [3.05, 3.63) is 23.8 Å². The number of likely N-dealkylation sites (tertiary alicyclic amines) is 1. The second-order valence-electron chi connectivity index (χ2n) is 8.12. The van der Waals surface area contributed by atoms with Crippen molar-refractivity contribution in [3.63, 3.8) is 0 Å². The highest BCUT2D eigenvalue weighted by Crippen LogP contribution is 2.49. The van der Waals surface area contributed by atoms with Crippen molar-refractivity contribution in [2.24, 2.45) is 5.92 Å². The molecule has 3 atom stereocenters. The van der Waals surface area contributed by atoms with Gasteiger partial charge in [-0.2, -0.15) is 0 Å². The predicted molar refractivity (Wildman–Crippen MR) is 90.2 cm³/mol. The lowest BCUT2D eigenvalue weighted by Gasteiger charge is -2.34. The Labute approximate surface area is 156 Å². The van der Waals surface area contributed by atoms with Gasteiger partial charge in [0.05, 0.1) is 18.7 Å². The van der Waals surface area contributed by atoms with E-state index in [1.165, 1.54) is 6.07 Å². The molecule has 0 bridgehead atoms. The van der Waals surface area contributed by atoms with Gasteiger partial charge in [-0.25, -0.2) is 0 Å². The number of carbonyl (C=O) groups is 1. The molecule has 0 aromatic heterocycles. The molecule has 0 unspecified atom stereocenters. The van der Waals surface area contributed by atoms with Crippen LogP contribution in [-0.4, -0.2) is 53.0 Å². The number of rotatable bonds is 3. The number of carbonyl (C=O) groups excluding carboxylic acids is 1. The molecular formula is C19H22F2N2O4. The molecule has 5 rings (SSSR count). The Morgan fingerprint density at radius 2 is 2.04 bits per heavy atom. The van der Waals surface area contributed by atoms with Crippen LogP contribution in [0.4, 0.5) is 8.78 Å². The van der Waals surface area contributed by atoms with E-state index in [0.717, 1.165) is 18.5 Å². The predicted octanol–water partition coefficient (Wildman–Crippen LogP) is 2.57. The van der Waals surface area contributed by atoms with E-state index in [-0.39, 0.29) is 29.5 Å². The van der Waals surface area contributed by atoms with Gasteiger partial charge in [-0.15, -0.1) is 8.78 Å². The van der Waals surface area contributed by atoms with Crippen LogP contribution in [0.1, 0.15) is 32.3 Å². The monoisotopic (exact) mass is 380 g/mol. The van der Waals surface area contributed by atoms with Gasteiger partial charge in [0.25, 0.3) is 0 Å². The highest BCUT2D eigenvalue weighted by atomic mass is 19.3. The summed E-state index contributed by atoms with van der Waals surface area (Å²) >= 11 is 0. The third-order valence-corrected chi connectivity index (χ3v) is 6.22. The molecule has 0 radical (unpaired) electrons. The van der Waals surface area contributed by atoms with Crippen LogP contribution >= 0.6 is 0 Å². The molecule has 1 spiro atoms. The zero-order valence-electron chi connectivity index (χ0n) is 15.3. The summed E-state index contributed by atoms with van der Waals surface area (Å²) in [6, 6.07) is 4.96. The van der Waals surface area contributed by atoms with E-state index in [2.05, 4.69) is 28.2 Å². The number of nitrogens with zero attached hydrogens (tertiary/aromatic N) is 2. The quantitative estimate of drug-likeness (QED) is 0.807. The minimum Gasteiger partial charge on any atom is -0.395 e. The van der Waals surface area contributed by atoms with Gasteiger partial charge in [0, 0.05) is 25.9 Å². The molecule has 4 heterocycles. The molecular weight excluding hydrogens is 358 g/mol.